The van der Waals surface area contributed by atoms with Crippen LogP contribution in [0.3, 0.4) is 0 Å². The van der Waals surface area contributed by atoms with Gasteiger partial charge in [0.15, 0.2) is 6.29 Å². The molecular formula is C50H97NO8. The molecule has 1 saturated heterocycles. The Hall–Kier alpha value is -1.07. The molecule has 6 N–H and O–H groups in total. The van der Waals surface area contributed by atoms with Crippen molar-refractivity contribution in [2.75, 3.05) is 13.2 Å². The minimum atomic E-state index is -1.56. The average molecular weight is 840 g/mol. The van der Waals surface area contributed by atoms with Crippen LogP contribution in [0.25, 0.3) is 0 Å². The predicted molar refractivity (Wildman–Crippen MR) is 244 cm³/mol. The molecule has 350 valence electrons. The normalized spacial score (nSPS) is 20.7. The van der Waals surface area contributed by atoms with E-state index in [1.54, 1.807) is 6.08 Å². The van der Waals surface area contributed by atoms with Gasteiger partial charge in [0.1, 0.15) is 24.4 Å². The van der Waals surface area contributed by atoms with Gasteiger partial charge in [0.25, 0.3) is 0 Å². The number of hydrogen-bond acceptors (Lipinski definition) is 8. The van der Waals surface area contributed by atoms with Gasteiger partial charge in [-0.05, 0) is 19.3 Å². The predicted octanol–water partition coefficient (Wildman–Crippen LogP) is 11.3. The number of allylic oxidation sites excluding steroid dienone is 1. The van der Waals surface area contributed by atoms with Crippen LogP contribution in [0, 0.1) is 0 Å². The van der Waals surface area contributed by atoms with Crippen molar-refractivity contribution in [1.82, 2.24) is 5.32 Å². The van der Waals surface area contributed by atoms with E-state index in [0.29, 0.717) is 6.42 Å². The van der Waals surface area contributed by atoms with Crippen LogP contribution in [0.4, 0.5) is 0 Å². The molecular weight excluding hydrogens is 743 g/mol. The van der Waals surface area contributed by atoms with E-state index < -0.39 is 49.5 Å². The molecule has 1 amide bonds. The molecule has 1 aliphatic heterocycles. The number of rotatable bonds is 43. The van der Waals surface area contributed by atoms with Crippen LogP contribution in [0.15, 0.2) is 12.2 Å². The van der Waals surface area contributed by atoms with Gasteiger partial charge in [0.05, 0.1) is 25.4 Å². The zero-order valence-electron chi connectivity index (χ0n) is 38.5. The Balaban J connectivity index is 2.19. The highest BCUT2D eigenvalue weighted by atomic mass is 16.7. The van der Waals surface area contributed by atoms with Gasteiger partial charge in [0, 0.05) is 6.42 Å². The summed E-state index contributed by atoms with van der Waals surface area (Å²) >= 11 is 0. The van der Waals surface area contributed by atoms with E-state index in [0.717, 1.165) is 38.5 Å². The third-order valence-corrected chi connectivity index (χ3v) is 12.4. The number of ether oxygens (including phenoxy) is 2. The van der Waals surface area contributed by atoms with Crippen LogP contribution >= 0.6 is 0 Å². The number of hydrogen-bond donors (Lipinski definition) is 6. The van der Waals surface area contributed by atoms with Crippen LogP contribution in [0.1, 0.15) is 245 Å². The summed E-state index contributed by atoms with van der Waals surface area (Å²) in [5.74, 6) is -0.173. The monoisotopic (exact) mass is 840 g/mol. The van der Waals surface area contributed by atoms with Crippen LogP contribution in [0.5, 0.6) is 0 Å². The Morgan fingerprint density at radius 3 is 1.32 bits per heavy atom. The fourth-order valence-electron chi connectivity index (χ4n) is 8.28. The standard InChI is InChI=1S/C50H97NO8/c1-3-5-7-9-11-13-15-16-17-18-19-20-21-22-23-24-25-26-27-28-30-32-34-36-38-40-46(54)51-43(42-58-50-49(57)48(56)47(55)45(41-52)59-50)44(53)39-37-35-33-31-29-14-12-10-8-6-4-2/h37,39,43-45,47-50,52-53,55-57H,3-36,38,40-42H2,1-2H3,(H,51,54)/b39-37+/t43-,44+,45+,47+,48?,49?,50+/m0/s1. The van der Waals surface area contributed by atoms with Crippen molar-refractivity contribution < 1.29 is 39.8 Å². The molecule has 7 atom stereocenters. The average Bonchev–Trinajstić information content (AvgIpc) is 3.23. The number of aliphatic hydroxyl groups excluding tert-OH is 5. The Morgan fingerprint density at radius 2 is 0.932 bits per heavy atom. The van der Waals surface area contributed by atoms with Gasteiger partial charge >= 0.3 is 0 Å². The van der Waals surface area contributed by atoms with E-state index in [1.165, 1.54) is 186 Å². The summed E-state index contributed by atoms with van der Waals surface area (Å²) < 4.78 is 11.2. The number of carbonyl (C=O) groups excluding carboxylic acids is 1. The van der Waals surface area contributed by atoms with Crippen molar-refractivity contribution in [2.45, 2.75) is 288 Å². The third-order valence-electron chi connectivity index (χ3n) is 12.4. The highest BCUT2D eigenvalue weighted by Crippen LogP contribution is 2.23. The van der Waals surface area contributed by atoms with E-state index in [9.17, 15) is 30.3 Å². The lowest BCUT2D eigenvalue weighted by Crippen LogP contribution is -2.60. The zero-order chi connectivity index (χ0) is 43.0. The largest absolute Gasteiger partial charge is 0.394 e. The summed E-state index contributed by atoms with van der Waals surface area (Å²) in [6.45, 7) is 3.78. The summed E-state index contributed by atoms with van der Waals surface area (Å²) in [6.07, 6.45) is 41.3. The lowest BCUT2D eigenvalue weighted by molar-refractivity contribution is -0.302. The lowest BCUT2D eigenvalue weighted by atomic mass is 9.99. The van der Waals surface area contributed by atoms with E-state index in [1.807, 2.05) is 6.08 Å². The smallest absolute Gasteiger partial charge is 0.220 e. The molecule has 9 heteroatoms. The van der Waals surface area contributed by atoms with Gasteiger partial charge < -0.3 is 40.3 Å². The molecule has 1 heterocycles. The van der Waals surface area contributed by atoms with Crippen LogP contribution < -0.4 is 5.32 Å². The first-order chi connectivity index (χ1) is 28.8. The summed E-state index contributed by atoms with van der Waals surface area (Å²) in [6, 6.07) is -0.798. The number of amides is 1. The SMILES string of the molecule is CCCCCCCCCCC/C=C/[C@@H](O)[C@H](CO[C@@H]1O[C@H](CO)[C@@H](O)C(O)C1O)NC(=O)CCCCCCCCCCCCCCCCCCCCCCCCCCC. The molecule has 1 fully saturated rings. The van der Waals surface area contributed by atoms with Crippen LogP contribution in [-0.2, 0) is 14.3 Å². The van der Waals surface area contributed by atoms with E-state index in [2.05, 4.69) is 19.2 Å². The van der Waals surface area contributed by atoms with Gasteiger partial charge in [0.2, 0.25) is 5.91 Å². The molecule has 0 aliphatic carbocycles. The summed E-state index contributed by atoms with van der Waals surface area (Å²) in [5.41, 5.74) is 0. The second kappa shape index (κ2) is 41.0. The maximum absolute atomic E-state index is 13.0. The molecule has 0 spiro atoms. The highest BCUT2D eigenvalue weighted by molar-refractivity contribution is 5.76. The molecule has 0 aromatic rings. The van der Waals surface area contributed by atoms with Gasteiger partial charge in [-0.1, -0.05) is 231 Å². The maximum atomic E-state index is 13.0. The minimum Gasteiger partial charge on any atom is -0.394 e. The Bertz CT molecular complexity index is 935. The van der Waals surface area contributed by atoms with Gasteiger partial charge in [-0.3, -0.25) is 4.79 Å². The Kier molecular flexibility index (Phi) is 38.9. The molecule has 59 heavy (non-hydrogen) atoms. The molecule has 0 aromatic carbocycles. The quantitative estimate of drug-likeness (QED) is 0.0263. The Morgan fingerprint density at radius 1 is 0.559 bits per heavy atom. The fraction of sp³-hybridized carbons (Fsp3) is 0.940. The molecule has 1 aliphatic rings. The topological polar surface area (TPSA) is 149 Å². The number of nitrogens with one attached hydrogen (secondary N) is 1. The van der Waals surface area contributed by atoms with Gasteiger partial charge in [-0.15, -0.1) is 0 Å². The number of aliphatic hydroxyl groups is 5. The molecule has 1 rings (SSSR count). The van der Waals surface area contributed by atoms with E-state index >= 15 is 0 Å². The number of carbonyl (C=O) groups is 1. The molecule has 2 unspecified atom stereocenters. The Labute approximate surface area is 363 Å². The highest BCUT2D eigenvalue weighted by Gasteiger charge is 2.44. The molecule has 9 nitrogen and oxygen atoms in total. The maximum Gasteiger partial charge on any atom is 0.220 e. The lowest BCUT2D eigenvalue weighted by Gasteiger charge is -2.40. The third kappa shape index (κ3) is 31.4. The van der Waals surface area contributed by atoms with Gasteiger partial charge in [-0.2, -0.15) is 0 Å². The summed E-state index contributed by atoms with van der Waals surface area (Å²) in [5, 5.41) is 54.2. The van der Waals surface area contributed by atoms with Crippen molar-refractivity contribution in [1.29, 1.82) is 0 Å². The van der Waals surface area contributed by atoms with E-state index in [4.69, 9.17) is 9.47 Å². The van der Waals surface area contributed by atoms with Crippen molar-refractivity contribution in [2.24, 2.45) is 0 Å². The molecule has 0 radical (unpaired) electrons. The molecule has 0 bridgehead atoms. The molecule has 0 aromatic heterocycles. The van der Waals surface area contributed by atoms with Crippen molar-refractivity contribution in [3.63, 3.8) is 0 Å². The van der Waals surface area contributed by atoms with Crippen molar-refractivity contribution in [3.8, 4) is 0 Å². The summed E-state index contributed by atoms with van der Waals surface area (Å²) in [4.78, 5) is 13.0. The van der Waals surface area contributed by atoms with Crippen LogP contribution in [-0.4, -0.2) is 87.5 Å². The first-order valence-electron chi connectivity index (χ1n) is 25.4. The number of unbranched alkanes of at least 4 members (excludes halogenated alkanes) is 33. The summed E-state index contributed by atoms with van der Waals surface area (Å²) in [7, 11) is 0. The van der Waals surface area contributed by atoms with Crippen molar-refractivity contribution >= 4 is 5.91 Å². The molecule has 0 saturated carbocycles. The fourth-order valence-corrected chi connectivity index (χ4v) is 8.28. The first-order valence-corrected chi connectivity index (χ1v) is 25.4. The van der Waals surface area contributed by atoms with Crippen LogP contribution in [0.2, 0.25) is 0 Å². The second-order valence-electron chi connectivity index (χ2n) is 18.0. The minimum absolute atomic E-state index is 0.173. The zero-order valence-corrected chi connectivity index (χ0v) is 38.5. The second-order valence-corrected chi connectivity index (χ2v) is 18.0. The van der Waals surface area contributed by atoms with Gasteiger partial charge in [-0.25, -0.2) is 0 Å². The van der Waals surface area contributed by atoms with E-state index in [-0.39, 0.29) is 12.5 Å². The van der Waals surface area contributed by atoms with Crippen molar-refractivity contribution in [3.05, 3.63) is 12.2 Å². The first kappa shape index (κ1) is 55.9.